The number of hydrogen-bond donors (Lipinski definition) is 0. The molecule has 4 heterocycles. The van der Waals surface area contributed by atoms with E-state index in [4.69, 9.17) is 9.72 Å². The number of benzene rings is 2. The maximum absolute atomic E-state index is 15.0. The summed E-state index contributed by atoms with van der Waals surface area (Å²) >= 11 is -0.880. The quantitative estimate of drug-likeness (QED) is 0.328. The third-order valence-electron chi connectivity index (χ3n) is 7.10. The molecule has 1 unspecified atom stereocenters. The molecule has 0 bridgehead atoms. The molecule has 196 valence electrons. The number of fused-ring (bicyclic) bond motifs is 1. The van der Waals surface area contributed by atoms with Crippen LogP contribution in [0.3, 0.4) is 0 Å². The number of morpholine rings is 1. The van der Waals surface area contributed by atoms with E-state index in [0.717, 1.165) is 35.7 Å². The van der Waals surface area contributed by atoms with E-state index in [9.17, 15) is 13.6 Å². The molecule has 2 fully saturated rings. The zero-order valence-corrected chi connectivity index (χ0v) is 23.0. The predicted molar refractivity (Wildman–Crippen MR) is 143 cm³/mol. The molecule has 10 heteroatoms. The monoisotopic (exact) mass is 579 g/mol. The Morgan fingerprint density at radius 3 is 2.39 bits per heavy atom. The fourth-order valence-corrected chi connectivity index (χ4v) is 6.86. The molecule has 1 atom stereocenters. The van der Waals surface area contributed by atoms with E-state index in [1.165, 1.54) is 12.1 Å². The van der Waals surface area contributed by atoms with Crippen LogP contribution >= 0.6 is 0 Å². The second kappa shape index (κ2) is 10.9. The Hall–Kier alpha value is -3.13. The van der Waals surface area contributed by atoms with Gasteiger partial charge in [-0.1, -0.05) is 0 Å². The molecule has 0 aliphatic carbocycles. The summed E-state index contributed by atoms with van der Waals surface area (Å²) in [5, 5.41) is 0.800. The van der Waals surface area contributed by atoms with E-state index in [2.05, 4.69) is 9.88 Å². The minimum atomic E-state index is -0.880. The van der Waals surface area contributed by atoms with Gasteiger partial charge in [-0.2, -0.15) is 0 Å². The Balaban J connectivity index is 1.21. The van der Waals surface area contributed by atoms with Crippen molar-refractivity contribution < 1.29 is 18.3 Å². The number of halogens is 2. The molecule has 2 aliphatic rings. The number of nitrogens with zero attached hydrogens (tertiary/aromatic N) is 5. The molecule has 1 amide bonds. The van der Waals surface area contributed by atoms with Crippen LogP contribution in [0.5, 0.6) is 0 Å². The molecule has 0 N–H and O–H groups in total. The van der Waals surface area contributed by atoms with Crippen molar-refractivity contribution in [1.82, 2.24) is 24.3 Å². The third-order valence-corrected chi connectivity index (χ3v) is 9.38. The van der Waals surface area contributed by atoms with Gasteiger partial charge in [-0.3, -0.25) is 0 Å². The molecule has 2 saturated heterocycles. The van der Waals surface area contributed by atoms with Crippen LogP contribution in [0.4, 0.5) is 8.78 Å². The molecule has 2 aromatic heterocycles. The number of amides is 1. The first kappa shape index (κ1) is 25.2. The van der Waals surface area contributed by atoms with Crippen molar-refractivity contribution in [2.75, 3.05) is 39.4 Å². The molecule has 6 rings (SSSR count). The topological polar surface area (TPSA) is 63.5 Å². The van der Waals surface area contributed by atoms with Gasteiger partial charge in [0.25, 0.3) is 0 Å². The van der Waals surface area contributed by atoms with Crippen molar-refractivity contribution >= 4 is 41.7 Å². The van der Waals surface area contributed by atoms with Gasteiger partial charge in [0.15, 0.2) is 0 Å². The second-order valence-electron chi connectivity index (χ2n) is 9.64. The van der Waals surface area contributed by atoms with Crippen LogP contribution in [-0.4, -0.2) is 85.4 Å². The van der Waals surface area contributed by atoms with Crippen LogP contribution < -0.4 is 8.96 Å². The normalized spacial score (nSPS) is 16.7. The number of hydrogen-bond acceptors (Lipinski definition) is 5. The fourth-order valence-electron chi connectivity index (χ4n) is 5.01. The van der Waals surface area contributed by atoms with Crippen LogP contribution in [0, 0.1) is 11.6 Å². The van der Waals surface area contributed by atoms with Gasteiger partial charge in [-0.15, -0.1) is 0 Å². The van der Waals surface area contributed by atoms with Crippen molar-refractivity contribution in [1.29, 1.82) is 0 Å². The first-order valence-electron chi connectivity index (χ1n) is 12.8. The zero-order valence-electron chi connectivity index (χ0n) is 20.9. The Morgan fingerprint density at radius 2 is 1.68 bits per heavy atom. The molecular weight excluding hydrogens is 551 g/mol. The average molecular weight is 579 g/mol. The van der Waals surface area contributed by atoms with Crippen LogP contribution in [0.15, 0.2) is 54.9 Å². The van der Waals surface area contributed by atoms with Gasteiger partial charge in [-0.25, -0.2) is 0 Å². The number of aromatic nitrogens is 3. The van der Waals surface area contributed by atoms with E-state index in [1.807, 2.05) is 35.2 Å². The van der Waals surface area contributed by atoms with Gasteiger partial charge in [0.05, 0.1) is 0 Å². The SMILES string of the molecule is O=C(c1ccc([AsH]c2ncc3ccn(-c4cc(F)c(CN5CCCC5)c(F)c4)c3n2)cc1)N1CCOCC1. The van der Waals surface area contributed by atoms with Crippen LogP contribution in [-0.2, 0) is 11.3 Å². The third kappa shape index (κ3) is 5.23. The predicted octanol–water partition coefficient (Wildman–Crippen LogP) is 2.15. The van der Waals surface area contributed by atoms with E-state index < -0.39 is 27.4 Å². The van der Waals surface area contributed by atoms with Gasteiger partial charge in [0.2, 0.25) is 0 Å². The van der Waals surface area contributed by atoms with Crippen molar-refractivity contribution in [3.05, 3.63) is 77.6 Å². The van der Waals surface area contributed by atoms with Gasteiger partial charge in [-0.05, 0) is 0 Å². The molecule has 2 aliphatic heterocycles. The van der Waals surface area contributed by atoms with Crippen LogP contribution in [0.2, 0.25) is 0 Å². The molecule has 7 nitrogen and oxygen atoms in total. The summed E-state index contributed by atoms with van der Waals surface area (Å²) in [6.45, 7) is 4.39. The standard InChI is InChI=1S/C28H28AsF2N5O2/c30-24-15-22(16-25(31)23(24)18-34-8-1-2-9-34)36-10-7-20-17-32-28(33-26(20)36)29-21-5-3-19(4-6-21)27(37)35-11-13-38-14-12-35/h3-7,10,15-17,29H,1-2,8-9,11-14,18H2. The van der Waals surface area contributed by atoms with E-state index in [0.29, 0.717) is 54.4 Å². The van der Waals surface area contributed by atoms with Crippen molar-refractivity contribution in [3.8, 4) is 5.69 Å². The Morgan fingerprint density at radius 1 is 0.974 bits per heavy atom. The van der Waals surface area contributed by atoms with Crippen LogP contribution in [0.1, 0.15) is 28.8 Å². The average Bonchev–Trinajstić information content (AvgIpc) is 3.61. The van der Waals surface area contributed by atoms with Gasteiger partial charge in [0.1, 0.15) is 0 Å². The van der Waals surface area contributed by atoms with Crippen molar-refractivity contribution in [2.45, 2.75) is 19.4 Å². The molecule has 38 heavy (non-hydrogen) atoms. The number of carbonyl (C=O) groups excluding carboxylic acids is 1. The number of rotatable bonds is 6. The summed E-state index contributed by atoms with van der Waals surface area (Å²) in [6, 6.07) is 12.2. The van der Waals surface area contributed by atoms with E-state index >= 15 is 0 Å². The first-order valence-corrected chi connectivity index (χ1v) is 14.9. The Bertz CT molecular complexity index is 1440. The molecule has 0 spiro atoms. The Kier molecular flexibility index (Phi) is 7.24. The summed E-state index contributed by atoms with van der Waals surface area (Å²) in [6.07, 6.45) is 5.66. The second-order valence-corrected chi connectivity index (χ2v) is 12.3. The molecule has 4 aromatic rings. The van der Waals surface area contributed by atoms with Gasteiger partial charge in [0, 0.05) is 0 Å². The van der Waals surface area contributed by atoms with Gasteiger partial charge < -0.3 is 0 Å². The zero-order chi connectivity index (χ0) is 26.1. The maximum atomic E-state index is 15.0. The summed E-state index contributed by atoms with van der Waals surface area (Å²) in [7, 11) is 0. The fraction of sp³-hybridized carbons (Fsp3) is 0.321. The molecule has 2 aromatic carbocycles. The summed E-state index contributed by atoms with van der Waals surface area (Å²) in [5.41, 5.74) is 1.79. The van der Waals surface area contributed by atoms with Gasteiger partial charge >= 0.3 is 226 Å². The van der Waals surface area contributed by atoms with E-state index in [1.54, 1.807) is 17.0 Å². The summed E-state index contributed by atoms with van der Waals surface area (Å²) in [4.78, 5) is 25.9. The summed E-state index contributed by atoms with van der Waals surface area (Å²) < 4.78 is 38.8. The number of carbonyl (C=O) groups is 1. The molecule has 0 saturated carbocycles. The van der Waals surface area contributed by atoms with E-state index in [-0.39, 0.29) is 11.5 Å². The minimum absolute atomic E-state index is 0.0151. The van der Waals surface area contributed by atoms with Crippen molar-refractivity contribution in [2.24, 2.45) is 0 Å². The molecule has 0 radical (unpaired) electrons. The Labute approximate surface area is 226 Å². The van der Waals surface area contributed by atoms with Crippen molar-refractivity contribution in [3.63, 3.8) is 0 Å². The molecular formula is C28H28AsF2N5O2. The summed E-state index contributed by atoms with van der Waals surface area (Å²) in [5.74, 6) is -1.06. The number of likely N-dealkylation sites (tertiary alicyclic amines) is 1. The number of ether oxygens (including phenoxy) is 1. The van der Waals surface area contributed by atoms with Crippen LogP contribution in [0.25, 0.3) is 16.7 Å². The first-order chi connectivity index (χ1) is 18.5.